The molecule has 1 N–H and O–H groups in total. The Morgan fingerprint density at radius 3 is 2.74 bits per heavy atom. The number of hydrogen-bond donors (Lipinski definition) is 1. The monoisotopic (exact) mass is 265 g/mol. The largest absolute Gasteiger partial charge is 0.469 e. The lowest BCUT2D eigenvalue weighted by molar-refractivity contribution is 0.491. The molecule has 2 nitrogen and oxygen atoms in total. The Morgan fingerprint density at radius 1 is 1.26 bits per heavy atom. The van der Waals surface area contributed by atoms with Gasteiger partial charge in [-0.25, -0.2) is 8.78 Å². The zero-order valence-corrected chi connectivity index (χ0v) is 11.0. The first-order chi connectivity index (χ1) is 9.15. The van der Waals surface area contributed by atoms with Gasteiger partial charge in [0.2, 0.25) is 0 Å². The average Bonchev–Trinajstić information content (AvgIpc) is 2.88. The first-order valence-corrected chi connectivity index (χ1v) is 6.33. The van der Waals surface area contributed by atoms with Crippen LogP contribution in [-0.2, 0) is 12.8 Å². The highest BCUT2D eigenvalue weighted by atomic mass is 19.1. The maximum absolute atomic E-state index is 13.7. The van der Waals surface area contributed by atoms with Crippen molar-refractivity contribution in [2.24, 2.45) is 0 Å². The summed E-state index contributed by atoms with van der Waals surface area (Å²) in [6, 6.07) is 5.31. The molecule has 2 rings (SSSR count). The molecule has 0 amide bonds. The van der Waals surface area contributed by atoms with Crippen LogP contribution in [0.2, 0.25) is 0 Å². The predicted octanol–water partition coefficient (Wildman–Crippen LogP) is 3.62. The number of furan rings is 1. The van der Waals surface area contributed by atoms with E-state index < -0.39 is 5.82 Å². The van der Waals surface area contributed by atoms with E-state index in [9.17, 15) is 8.78 Å². The quantitative estimate of drug-likeness (QED) is 0.893. The second-order valence-electron chi connectivity index (χ2n) is 4.43. The molecule has 1 heterocycles. The van der Waals surface area contributed by atoms with E-state index in [-0.39, 0.29) is 11.9 Å². The summed E-state index contributed by atoms with van der Waals surface area (Å²) in [6.07, 6.45) is 2.78. The van der Waals surface area contributed by atoms with Crippen molar-refractivity contribution in [3.8, 4) is 0 Å². The first-order valence-electron chi connectivity index (χ1n) is 6.33. The second-order valence-corrected chi connectivity index (χ2v) is 4.43. The molecule has 4 heteroatoms. The molecule has 2 aromatic rings. The maximum atomic E-state index is 13.7. The van der Waals surface area contributed by atoms with Crippen molar-refractivity contribution >= 4 is 0 Å². The van der Waals surface area contributed by atoms with Crippen molar-refractivity contribution in [2.75, 3.05) is 7.05 Å². The molecular weight excluding hydrogens is 248 g/mol. The van der Waals surface area contributed by atoms with Gasteiger partial charge in [-0.1, -0.05) is 6.92 Å². The Labute approximate surface area is 111 Å². The van der Waals surface area contributed by atoms with Gasteiger partial charge in [0.25, 0.3) is 0 Å². The number of hydrogen-bond acceptors (Lipinski definition) is 2. The lowest BCUT2D eigenvalue weighted by Gasteiger charge is -2.16. The molecule has 0 aliphatic carbocycles. The molecule has 102 valence electrons. The molecule has 0 fully saturated rings. The van der Waals surface area contributed by atoms with E-state index in [1.54, 1.807) is 13.3 Å². The van der Waals surface area contributed by atoms with Gasteiger partial charge in [-0.3, -0.25) is 0 Å². The summed E-state index contributed by atoms with van der Waals surface area (Å²) in [5.41, 5.74) is 1.36. The fourth-order valence-electron chi connectivity index (χ4n) is 2.24. The van der Waals surface area contributed by atoms with Crippen LogP contribution in [0.15, 0.2) is 34.9 Å². The van der Waals surface area contributed by atoms with E-state index in [0.29, 0.717) is 12.0 Å². The second kappa shape index (κ2) is 5.97. The van der Waals surface area contributed by atoms with E-state index in [0.717, 1.165) is 29.9 Å². The number of nitrogens with one attached hydrogen (secondary N) is 1. The number of aryl methyl sites for hydroxylation is 1. The third-order valence-corrected chi connectivity index (χ3v) is 3.26. The first kappa shape index (κ1) is 13.7. The molecule has 1 aromatic carbocycles. The normalized spacial score (nSPS) is 12.6. The van der Waals surface area contributed by atoms with Crippen LogP contribution >= 0.6 is 0 Å². The number of rotatable bonds is 5. The SMILES string of the molecule is CCc1occc1C(Cc1cc(F)ccc1F)NC. The third-order valence-electron chi connectivity index (χ3n) is 3.26. The molecular formula is C15H17F2NO. The minimum absolute atomic E-state index is 0.0926. The molecule has 0 bridgehead atoms. The number of benzene rings is 1. The van der Waals surface area contributed by atoms with Crippen LogP contribution in [0.25, 0.3) is 0 Å². The summed E-state index contributed by atoms with van der Waals surface area (Å²) in [5.74, 6) is 0.0634. The van der Waals surface area contributed by atoms with Gasteiger partial charge >= 0.3 is 0 Å². The van der Waals surface area contributed by atoms with Crippen molar-refractivity contribution in [1.82, 2.24) is 5.32 Å². The molecule has 0 saturated carbocycles. The van der Waals surface area contributed by atoms with Crippen LogP contribution in [0.3, 0.4) is 0 Å². The van der Waals surface area contributed by atoms with E-state index >= 15 is 0 Å². The van der Waals surface area contributed by atoms with Crippen LogP contribution in [0.5, 0.6) is 0 Å². The molecule has 1 atom stereocenters. The topological polar surface area (TPSA) is 25.2 Å². The lowest BCUT2D eigenvalue weighted by Crippen LogP contribution is -2.20. The summed E-state index contributed by atoms with van der Waals surface area (Å²) in [7, 11) is 1.80. The van der Waals surface area contributed by atoms with Crippen LogP contribution in [0, 0.1) is 11.6 Å². The average molecular weight is 265 g/mol. The Morgan fingerprint density at radius 2 is 2.05 bits per heavy atom. The summed E-state index contributed by atoms with van der Waals surface area (Å²) in [5, 5.41) is 3.13. The predicted molar refractivity (Wildman–Crippen MR) is 69.9 cm³/mol. The Kier molecular flexibility index (Phi) is 4.32. The van der Waals surface area contributed by atoms with Crippen LogP contribution in [0.4, 0.5) is 8.78 Å². The molecule has 0 radical (unpaired) electrons. The summed E-state index contributed by atoms with van der Waals surface area (Å²) < 4.78 is 32.2. The Balaban J connectivity index is 2.26. The molecule has 19 heavy (non-hydrogen) atoms. The van der Waals surface area contributed by atoms with Crippen molar-refractivity contribution < 1.29 is 13.2 Å². The lowest BCUT2D eigenvalue weighted by atomic mass is 9.98. The highest BCUT2D eigenvalue weighted by molar-refractivity contribution is 5.26. The van der Waals surface area contributed by atoms with Crippen LogP contribution in [-0.4, -0.2) is 7.05 Å². The zero-order chi connectivity index (χ0) is 13.8. The van der Waals surface area contributed by atoms with Crippen LogP contribution in [0.1, 0.15) is 29.9 Å². The van der Waals surface area contributed by atoms with Gasteiger partial charge in [0.1, 0.15) is 17.4 Å². The zero-order valence-electron chi connectivity index (χ0n) is 11.0. The minimum Gasteiger partial charge on any atom is -0.469 e. The summed E-state index contributed by atoms with van der Waals surface area (Å²) >= 11 is 0. The molecule has 0 aliphatic heterocycles. The highest BCUT2D eigenvalue weighted by Gasteiger charge is 2.18. The van der Waals surface area contributed by atoms with Gasteiger partial charge in [-0.15, -0.1) is 0 Å². The Hall–Kier alpha value is -1.68. The molecule has 0 saturated heterocycles. The molecule has 1 unspecified atom stereocenters. The van der Waals surface area contributed by atoms with E-state index in [1.807, 2.05) is 13.0 Å². The fraction of sp³-hybridized carbons (Fsp3) is 0.333. The van der Waals surface area contributed by atoms with Gasteiger partial charge in [0.15, 0.2) is 0 Å². The van der Waals surface area contributed by atoms with Gasteiger partial charge in [0.05, 0.1) is 6.26 Å². The van der Waals surface area contributed by atoms with Gasteiger partial charge < -0.3 is 9.73 Å². The van der Waals surface area contributed by atoms with E-state index in [4.69, 9.17) is 4.42 Å². The maximum Gasteiger partial charge on any atom is 0.126 e. The van der Waals surface area contributed by atoms with Crippen LogP contribution < -0.4 is 5.32 Å². The number of likely N-dealkylation sites (N-methyl/N-ethyl adjacent to an activating group) is 1. The van der Waals surface area contributed by atoms with Crippen molar-refractivity contribution in [3.63, 3.8) is 0 Å². The molecule has 0 spiro atoms. The standard InChI is InChI=1S/C15H17F2NO/c1-3-15-12(6-7-19-15)14(18-2)9-10-8-11(16)4-5-13(10)17/h4-8,14,18H,3,9H2,1-2H3. The third kappa shape index (κ3) is 3.01. The van der Waals surface area contributed by atoms with Gasteiger partial charge in [0, 0.05) is 18.0 Å². The molecule has 0 aliphatic rings. The van der Waals surface area contributed by atoms with Crippen molar-refractivity contribution in [1.29, 1.82) is 0 Å². The van der Waals surface area contributed by atoms with E-state index in [1.165, 1.54) is 6.07 Å². The summed E-state index contributed by atoms with van der Waals surface area (Å²) in [4.78, 5) is 0. The minimum atomic E-state index is -0.422. The van der Waals surface area contributed by atoms with Crippen molar-refractivity contribution in [2.45, 2.75) is 25.8 Å². The van der Waals surface area contributed by atoms with E-state index in [2.05, 4.69) is 5.32 Å². The summed E-state index contributed by atoms with van der Waals surface area (Å²) in [6.45, 7) is 2.00. The Bertz CT molecular complexity index is 551. The van der Waals surface area contributed by atoms with Crippen molar-refractivity contribution in [3.05, 3.63) is 59.1 Å². The fourth-order valence-corrected chi connectivity index (χ4v) is 2.24. The van der Waals surface area contributed by atoms with Gasteiger partial charge in [-0.05, 0) is 43.3 Å². The number of halogens is 2. The smallest absolute Gasteiger partial charge is 0.126 e. The van der Waals surface area contributed by atoms with Gasteiger partial charge in [-0.2, -0.15) is 0 Å². The highest BCUT2D eigenvalue weighted by Crippen LogP contribution is 2.24. The molecule has 1 aromatic heterocycles.